The fraction of sp³-hybridized carbons (Fsp3) is 0.600. The van der Waals surface area contributed by atoms with E-state index in [1.54, 1.807) is 7.05 Å². The standard InChI is InChI=1S/C20H34N4O3/c1-4-6-12-26-13-8-11-23-20(21-3)24-15-17-9-7-10-18(14-17)27-16-19(25)22-5-2/h7,9-10,14H,4-6,8,11-13,15-16H2,1-3H3,(H,22,25)(H2,21,23,24). The number of ether oxygens (including phenoxy) is 2. The van der Waals surface area contributed by atoms with Crippen LogP contribution in [0.2, 0.25) is 0 Å². The lowest BCUT2D eigenvalue weighted by atomic mass is 10.2. The van der Waals surface area contributed by atoms with Gasteiger partial charge in [0, 0.05) is 39.9 Å². The Morgan fingerprint density at radius 1 is 1.11 bits per heavy atom. The van der Waals surface area contributed by atoms with Crippen LogP contribution >= 0.6 is 0 Å². The Balaban J connectivity index is 2.29. The van der Waals surface area contributed by atoms with E-state index in [0.29, 0.717) is 18.8 Å². The molecule has 1 aromatic carbocycles. The van der Waals surface area contributed by atoms with Gasteiger partial charge in [-0.2, -0.15) is 0 Å². The maximum Gasteiger partial charge on any atom is 0.257 e. The Bertz CT molecular complexity index is 564. The number of likely N-dealkylation sites (N-methyl/N-ethyl adjacent to an activating group) is 1. The number of hydrogen-bond donors (Lipinski definition) is 3. The predicted molar refractivity (Wildman–Crippen MR) is 109 cm³/mol. The van der Waals surface area contributed by atoms with Gasteiger partial charge in [0.2, 0.25) is 0 Å². The molecule has 0 fully saturated rings. The lowest BCUT2D eigenvalue weighted by Crippen LogP contribution is -2.37. The molecule has 1 amide bonds. The lowest BCUT2D eigenvalue weighted by molar-refractivity contribution is -0.122. The van der Waals surface area contributed by atoms with Crippen LogP contribution in [-0.4, -0.2) is 51.8 Å². The summed E-state index contributed by atoms with van der Waals surface area (Å²) in [5, 5.41) is 9.25. The molecule has 0 bridgehead atoms. The van der Waals surface area contributed by atoms with Crippen molar-refractivity contribution in [2.45, 2.75) is 39.7 Å². The minimum absolute atomic E-state index is 0.0221. The van der Waals surface area contributed by atoms with Crippen molar-refractivity contribution in [3.63, 3.8) is 0 Å². The van der Waals surface area contributed by atoms with Crippen molar-refractivity contribution >= 4 is 11.9 Å². The third-order valence-corrected chi connectivity index (χ3v) is 3.73. The monoisotopic (exact) mass is 378 g/mol. The van der Waals surface area contributed by atoms with Crippen molar-refractivity contribution in [3.8, 4) is 5.75 Å². The zero-order valence-corrected chi connectivity index (χ0v) is 16.8. The van der Waals surface area contributed by atoms with E-state index in [0.717, 1.165) is 50.5 Å². The molecular formula is C20H34N4O3. The highest BCUT2D eigenvalue weighted by molar-refractivity contribution is 5.79. The molecule has 1 rings (SSSR count). The van der Waals surface area contributed by atoms with Gasteiger partial charge in [-0.3, -0.25) is 9.79 Å². The first-order valence-electron chi connectivity index (χ1n) is 9.70. The van der Waals surface area contributed by atoms with Crippen molar-refractivity contribution < 1.29 is 14.3 Å². The van der Waals surface area contributed by atoms with Gasteiger partial charge >= 0.3 is 0 Å². The van der Waals surface area contributed by atoms with Gasteiger partial charge in [-0.15, -0.1) is 0 Å². The van der Waals surface area contributed by atoms with Crippen molar-refractivity contribution in [2.75, 3.05) is 40.0 Å². The number of guanidine groups is 1. The van der Waals surface area contributed by atoms with E-state index >= 15 is 0 Å². The summed E-state index contributed by atoms with van der Waals surface area (Å²) < 4.78 is 11.1. The number of amides is 1. The molecule has 0 heterocycles. The average molecular weight is 379 g/mol. The topological polar surface area (TPSA) is 84.0 Å². The second kappa shape index (κ2) is 14.8. The molecule has 0 saturated carbocycles. The molecule has 7 heteroatoms. The smallest absolute Gasteiger partial charge is 0.257 e. The Kier molecular flexibility index (Phi) is 12.5. The van der Waals surface area contributed by atoms with E-state index in [4.69, 9.17) is 9.47 Å². The zero-order chi connectivity index (χ0) is 19.7. The van der Waals surface area contributed by atoms with Gasteiger partial charge in [-0.1, -0.05) is 25.5 Å². The summed E-state index contributed by atoms with van der Waals surface area (Å²) >= 11 is 0. The summed E-state index contributed by atoms with van der Waals surface area (Å²) in [4.78, 5) is 15.7. The summed E-state index contributed by atoms with van der Waals surface area (Å²) in [5.41, 5.74) is 1.05. The average Bonchev–Trinajstić information content (AvgIpc) is 2.68. The third-order valence-electron chi connectivity index (χ3n) is 3.73. The second-order valence-corrected chi connectivity index (χ2v) is 6.06. The van der Waals surface area contributed by atoms with Gasteiger partial charge < -0.3 is 25.4 Å². The highest BCUT2D eigenvalue weighted by Crippen LogP contribution is 2.13. The van der Waals surface area contributed by atoms with Crippen LogP contribution in [0.3, 0.4) is 0 Å². The highest BCUT2D eigenvalue weighted by atomic mass is 16.5. The Morgan fingerprint density at radius 3 is 2.67 bits per heavy atom. The largest absolute Gasteiger partial charge is 0.484 e. The maximum absolute atomic E-state index is 11.5. The SMILES string of the molecule is CCCCOCCCNC(=NC)NCc1cccc(OCC(=O)NCC)c1. The van der Waals surface area contributed by atoms with Gasteiger partial charge in [0.1, 0.15) is 5.75 Å². The van der Waals surface area contributed by atoms with E-state index in [9.17, 15) is 4.79 Å². The maximum atomic E-state index is 11.5. The fourth-order valence-corrected chi connectivity index (χ4v) is 2.28. The molecule has 0 spiro atoms. The van der Waals surface area contributed by atoms with Crippen LogP contribution < -0.4 is 20.7 Å². The van der Waals surface area contributed by atoms with Crippen LogP contribution in [0.15, 0.2) is 29.3 Å². The molecule has 0 aromatic heterocycles. The highest BCUT2D eigenvalue weighted by Gasteiger charge is 2.03. The summed E-state index contributed by atoms with van der Waals surface area (Å²) in [6.45, 7) is 7.68. The quantitative estimate of drug-likeness (QED) is 0.278. The van der Waals surface area contributed by atoms with Gasteiger partial charge in [-0.05, 0) is 37.5 Å². The molecule has 0 aliphatic rings. The van der Waals surface area contributed by atoms with E-state index in [1.807, 2.05) is 31.2 Å². The summed E-state index contributed by atoms with van der Waals surface area (Å²) in [6, 6.07) is 7.67. The van der Waals surface area contributed by atoms with Crippen LogP contribution in [0.25, 0.3) is 0 Å². The zero-order valence-electron chi connectivity index (χ0n) is 16.8. The predicted octanol–water partition coefficient (Wildman–Crippen LogP) is 2.07. The second-order valence-electron chi connectivity index (χ2n) is 6.06. The number of carbonyl (C=O) groups excluding carboxylic acids is 1. The van der Waals surface area contributed by atoms with Crippen molar-refractivity contribution in [3.05, 3.63) is 29.8 Å². The van der Waals surface area contributed by atoms with E-state index < -0.39 is 0 Å². The molecule has 0 unspecified atom stereocenters. The molecule has 3 N–H and O–H groups in total. The molecule has 0 saturated heterocycles. The normalized spacial score (nSPS) is 11.1. The molecule has 0 radical (unpaired) electrons. The summed E-state index contributed by atoms with van der Waals surface area (Å²) in [5.74, 6) is 1.30. The Labute approximate surface area is 162 Å². The van der Waals surface area contributed by atoms with E-state index in [1.165, 1.54) is 0 Å². The van der Waals surface area contributed by atoms with Crippen LogP contribution in [0.1, 0.15) is 38.7 Å². The Morgan fingerprint density at radius 2 is 1.93 bits per heavy atom. The molecule has 0 atom stereocenters. The van der Waals surface area contributed by atoms with Gasteiger partial charge in [0.05, 0.1) is 0 Å². The molecule has 152 valence electrons. The number of rotatable bonds is 13. The minimum atomic E-state index is -0.121. The fourth-order valence-electron chi connectivity index (χ4n) is 2.28. The van der Waals surface area contributed by atoms with Gasteiger partial charge in [0.25, 0.3) is 5.91 Å². The summed E-state index contributed by atoms with van der Waals surface area (Å²) in [7, 11) is 1.75. The number of nitrogens with one attached hydrogen (secondary N) is 3. The first-order chi connectivity index (χ1) is 13.2. The minimum Gasteiger partial charge on any atom is -0.484 e. The molecule has 1 aromatic rings. The molecule has 7 nitrogen and oxygen atoms in total. The lowest BCUT2D eigenvalue weighted by Gasteiger charge is -2.13. The first kappa shape index (κ1) is 22.8. The van der Waals surface area contributed by atoms with Crippen molar-refractivity contribution in [1.82, 2.24) is 16.0 Å². The molecule has 27 heavy (non-hydrogen) atoms. The number of benzene rings is 1. The third kappa shape index (κ3) is 11.1. The van der Waals surface area contributed by atoms with Crippen LogP contribution in [0.4, 0.5) is 0 Å². The molecule has 0 aliphatic carbocycles. The van der Waals surface area contributed by atoms with Crippen LogP contribution in [-0.2, 0) is 16.1 Å². The number of aliphatic imine (C=N–C) groups is 1. The Hall–Kier alpha value is -2.28. The van der Waals surface area contributed by atoms with Crippen molar-refractivity contribution in [2.24, 2.45) is 4.99 Å². The van der Waals surface area contributed by atoms with E-state index in [2.05, 4.69) is 27.9 Å². The van der Waals surface area contributed by atoms with Gasteiger partial charge in [-0.25, -0.2) is 0 Å². The molecular weight excluding hydrogens is 344 g/mol. The summed E-state index contributed by atoms with van der Waals surface area (Å²) in [6.07, 6.45) is 3.21. The van der Waals surface area contributed by atoms with Gasteiger partial charge in [0.15, 0.2) is 12.6 Å². The molecule has 0 aliphatic heterocycles. The number of unbranched alkanes of at least 4 members (excludes halogenated alkanes) is 1. The van der Waals surface area contributed by atoms with E-state index in [-0.39, 0.29) is 12.5 Å². The number of nitrogens with zero attached hydrogens (tertiary/aromatic N) is 1. The van der Waals surface area contributed by atoms with Crippen LogP contribution in [0.5, 0.6) is 5.75 Å². The van der Waals surface area contributed by atoms with Crippen molar-refractivity contribution in [1.29, 1.82) is 0 Å². The van der Waals surface area contributed by atoms with Crippen LogP contribution in [0, 0.1) is 0 Å². The first-order valence-corrected chi connectivity index (χ1v) is 9.70. The number of carbonyl (C=O) groups is 1. The number of hydrogen-bond acceptors (Lipinski definition) is 4.